The summed E-state index contributed by atoms with van der Waals surface area (Å²) in [7, 11) is 0. The summed E-state index contributed by atoms with van der Waals surface area (Å²) < 4.78 is 0. The molecule has 0 spiro atoms. The molecule has 2 unspecified atom stereocenters. The Morgan fingerprint density at radius 2 is 1.48 bits per heavy atom. The highest BCUT2D eigenvalue weighted by Crippen LogP contribution is 2.31. The fraction of sp³-hybridized carbons (Fsp3) is 0.167. The quantitative estimate of drug-likeness (QED) is 0.247. The fourth-order valence-corrected chi connectivity index (χ4v) is 1.47. The molecule has 10 N–H and O–H groups in total. The summed E-state index contributed by atoms with van der Waals surface area (Å²) in [5.41, 5.74) is 16.1. The van der Waals surface area contributed by atoms with Gasteiger partial charge in [0, 0.05) is 0 Å². The molecule has 0 saturated carbocycles. The number of aliphatic imine (C=N–C) groups is 2. The van der Waals surface area contributed by atoms with Crippen molar-refractivity contribution in [3.05, 3.63) is 28.2 Å². The molecule has 1 aromatic rings. The molecule has 138 valence electrons. The van der Waals surface area contributed by atoms with Gasteiger partial charge in [0.15, 0.2) is 18.2 Å². The number of aliphatic hydroxyl groups is 2. The molecule has 25 heavy (non-hydrogen) atoms. The standard InChI is InChI=1S/C8H9Cl2N5.C4H6O6/c9-4-2-1-3-5(6(4)10)14-8(13)15-7(11)12;5-1(3(7)8)2(6)4(9)10/h1-3H,(H6,11,12,13,14,15);1-2,5-6H,(H,7,8)(H,9,10). The smallest absolute Gasteiger partial charge is 0.335 e. The molecule has 0 radical (unpaired) electrons. The molecule has 0 aliphatic rings. The maximum Gasteiger partial charge on any atom is 0.335 e. The van der Waals surface area contributed by atoms with Crippen LogP contribution in [0.25, 0.3) is 0 Å². The molecule has 13 heteroatoms. The Labute approximate surface area is 151 Å². The molecule has 0 aliphatic heterocycles. The van der Waals surface area contributed by atoms with Crippen LogP contribution in [0.1, 0.15) is 0 Å². The van der Waals surface area contributed by atoms with Gasteiger partial charge in [-0.25, -0.2) is 14.6 Å². The zero-order valence-corrected chi connectivity index (χ0v) is 13.9. The van der Waals surface area contributed by atoms with Gasteiger partial charge in [-0.2, -0.15) is 4.99 Å². The molecule has 1 rings (SSSR count). The van der Waals surface area contributed by atoms with Crippen molar-refractivity contribution in [3.63, 3.8) is 0 Å². The Balaban J connectivity index is 0.000000504. The third-order valence-corrected chi connectivity index (χ3v) is 3.02. The second kappa shape index (κ2) is 10.3. The van der Waals surface area contributed by atoms with Crippen molar-refractivity contribution in [1.82, 2.24) is 0 Å². The maximum absolute atomic E-state index is 9.77. The van der Waals surface area contributed by atoms with Crippen LogP contribution in [-0.2, 0) is 9.59 Å². The van der Waals surface area contributed by atoms with Crippen LogP contribution in [0.2, 0.25) is 10.0 Å². The molecule has 0 aromatic heterocycles. The summed E-state index contributed by atoms with van der Waals surface area (Å²) in [6, 6.07) is 4.97. The van der Waals surface area contributed by atoms with Crippen LogP contribution in [0.5, 0.6) is 0 Å². The average molecular weight is 396 g/mol. The third-order valence-electron chi connectivity index (χ3n) is 2.21. The van der Waals surface area contributed by atoms with Crippen LogP contribution < -0.4 is 17.2 Å². The van der Waals surface area contributed by atoms with Crippen molar-refractivity contribution in [1.29, 1.82) is 0 Å². The van der Waals surface area contributed by atoms with Crippen molar-refractivity contribution >= 4 is 52.7 Å². The molecule has 0 heterocycles. The van der Waals surface area contributed by atoms with Crippen LogP contribution in [0.15, 0.2) is 28.2 Å². The normalized spacial score (nSPS) is 13.0. The maximum atomic E-state index is 9.77. The first-order chi connectivity index (χ1) is 11.5. The minimum atomic E-state index is -2.27. The first-order valence-electron chi connectivity index (χ1n) is 6.16. The lowest BCUT2D eigenvalue weighted by atomic mass is 10.2. The van der Waals surface area contributed by atoms with Crippen molar-refractivity contribution in [2.24, 2.45) is 27.2 Å². The number of benzene rings is 1. The zero-order valence-electron chi connectivity index (χ0n) is 12.4. The second-order valence-corrected chi connectivity index (χ2v) is 4.93. The minimum absolute atomic E-state index is 0.0841. The topological polar surface area (TPSA) is 218 Å². The Bertz CT molecular complexity index is 675. The number of aliphatic hydroxyl groups excluding tert-OH is 2. The molecular weight excluding hydrogens is 381 g/mol. The van der Waals surface area contributed by atoms with Gasteiger partial charge in [0.2, 0.25) is 5.96 Å². The van der Waals surface area contributed by atoms with E-state index in [2.05, 4.69) is 9.98 Å². The summed E-state index contributed by atoms with van der Waals surface area (Å²) in [5.74, 6) is -3.79. The first kappa shape index (κ1) is 22.4. The van der Waals surface area contributed by atoms with Gasteiger partial charge in [0.25, 0.3) is 0 Å². The zero-order chi connectivity index (χ0) is 19.7. The molecule has 11 nitrogen and oxygen atoms in total. The molecule has 0 amide bonds. The molecule has 1 aromatic carbocycles. The van der Waals surface area contributed by atoms with E-state index in [9.17, 15) is 9.59 Å². The van der Waals surface area contributed by atoms with Gasteiger partial charge >= 0.3 is 11.9 Å². The van der Waals surface area contributed by atoms with Crippen molar-refractivity contribution in [2.75, 3.05) is 0 Å². The number of carboxylic acids is 2. The Kier molecular flexibility index (Phi) is 9.23. The number of hydrogen-bond acceptors (Lipinski definition) is 5. The third kappa shape index (κ3) is 8.17. The van der Waals surface area contributed by atoms with Crippen molar-refractivity contribution in [2.45, 2.75) is 12.2 Å². The second-order valence-electron chi connectivity index (χ2n) is 4.15. The van der Waals surface area contributed by atoms with E-state index in [0.717, 1.165) is 0 Å². The van der Waals surface area contributed by atoms with E-state index in [4.69, 9.17) is 60.8 Å². The molecule has 0 saturated heterocycles. The SMILES string of the molecule is NC(N)=NC(N)=Nc1cccc(Cl)c1Cl.O=C(O)C(O)C(O)C(=O)O. The van der Waals surface area contributed by atoms with E-state index in [-0.39, 0.29) is 11.9 Å². The highest BCUT2D eigenvalue weighted by atomic mass is 35.5. The van der Waals surface area contributed by atoms with E-state index >= 15 is 0 Å². The van der Waals surface area contributed by atoms with Crippen LogP contribution in [0.3, 0.4) is 0 Å². The Morgan fingerprint density at radius 1 is 1.00 bits per heavy atom. The van der Waals surface area contributed by atoms with Crippen LogP contribution in [0, 0.1) is 0 Å². The number of guanidine groups is 2. The van der Waals surface area contributed by atoms with E-state index in [1.165, 1.54) is 0 Å². The lowest BCUT2D eigenvalue weighted by Crippen LogP contribution is -2.39. The monoisotopic (exact) mass is 395 g/mol. The van der Waals surface area contributed by atoms with Gasteiger partial charge in [-0.15, -0.1) is 0 Å². The predicted octanol–water partition coefficient (Wildman–Crippen LogP) is -0.910. The van der Waals surface area contributed by atoms with Gasteiger partial charge in [0.05, 0.1) is 15.7 Å². The van der Waals surface area contributed by atoms with Crippen molar-refractivity contribution < 1.29 is 30.0 Å². The largest absolute Gasteiger partial charge is 0.479 e. The molecular formula is C12H15Cl2N5O6. The van der Waals surface area contributed by atoms with Gasteiger partial charge in [-0.05, 0) is 12.1 Å². The van der Waals surface area contributed by atoms with Gasteiger partial charge in [-0.3, -0.25) is 0 Å². The average Bonchev–Trinajstić information content (AvgIpc) is 2.50. The summed E-state index contributed by atoms with van der Waals surface area (Å²) in [5, 5.41) is 33.2. The van der Waals surface area contributed by atoms with Crippen molar-refractivity contribution in [3.8, 4) is 0 Å². The minimum Gasteiger partial charge on any atom is -0.479 e. The molecule has 0 aliphatic carbocycles. The van der Waals surface area contributed by atoms with Crippen LogP contribution in [-0.4, -0.2) is 56.5 Å². The Morgan fingerprint density at radius 3 is 1.88 bits per heavy atom. The van der Waals surface area contributed by atoms with E-state index in [1.807, 2.05) is 0 Å². The lowest BCUT2D eigenvalue weighted by Gasteiger charge is -2.07. The summed E-state index contributed by atoms with van der Waals surface area (Å²) in [6.45, 7) is 0. The molecule has 2 atom stereocenters. The highest BCUT2D eigenvalue weighted by Gasteiger charge is 2.29. The number of carboxylic acid groups (broad SMARTS) is 2. The fourth-order valence-electron chi connectivity index (χ4n) is 1.13. The number of nitrogens with two attached hydrogens (primary N) is 3. The molecule has 0 fully saturated rings. The first-order valence-corrected chi connectivity index (χ1v) is 6.92. The summed E-state index contributed by atoms with van der Waals surface area (Å²) in [6.07, 6.45) is -4.53. The van der Waals surface area contributed by atoms with Gasteiger partial charge in [-0.1, -0.05) is 29.3 Å². The number of hydrogen-bond donors (Lipinski definition) is 7. The summed E-state index contributed by atoms with van der Waals surface area (Å²) >= 11 is 11.6. The van der Waals surface area contributed by atoms with E-state index in [0.29, 0.717) is 15.7 Å². The highest BCUT2D eigenvalue weighted by molar-refractivity contribution is 6.43. The van der Waals surface area contributed by atoms with Gasteiger partial charge < -0.3 is 37.6 Å². The number of aliphatic carboxylic acids is 2. The number of carbonyl (C=O) groups is 2. The lowest BCUT2D eigenvalue weighted by molar-refractivity contribution is -0.165. The van der Waals surface area contributed by atoms with Gasteiger partial charge in [0.1, 0.15) is 0 Å². The number of halogens is 2. The number of rotatable bonds is 4. The van der Waals surface area contributed by atoms with Crippen LogP contribution in [0.4, 0.5) is 5.69 Å². The van der Waals surface area contributed by atoms with E-state index in [1.54, 1.807) is 18.2 Å². The predicted molar refractivity (Wildman–Crippen MR) is 90.8 cm³/mol. The number of nitrogens with zero attached hydrogens (tertiary/aromatic N) is 2. The van der Waals surface area contributed by atoms with E-state index < -0.39 is 24.1 Å². The Hall–Kier alpha value is -2.60. The van der Waals surface area contributed by atoms with Crippen LogP contribution >= 0.6 is 23.2 Å². The molecule has 0 bridgehead atoms. The summed E-state index contributed by atoms with van der Waals surface area (Å²) in [4.78, 5) is 27.0.